The van der Waals surface area contributed by atoms with E-state index in [1.807, 2.05) is 6.92 Å². The second-order valence-electron chi connectivity index (χ2n) is 6.90. The van der Waals surface area contributed by atoms with Gasteiger partial charge in [-0.1, -0.05) is 11.6 Å². The molecule has 30 heavy (non-hydrogen) atoms. The van der Waals surface area contributed by atoms with Crippen molar-refractivity contribution in [1.29, 1.82) is 0 Å². The number of nitrogens with one attached hydrogen (secondary N) is 1. The van der Waals surface area contributed by atoms with Gasteiger partial charge in [-0.05, 0) is 31.9 Å². The van der Waals surface area contributed by atoms with Crippen LogP contribution in [0.1, 0.15) is 25.5 Å². The molecule has 1 aromatic carbocycles. The Labute approximate surface area is 179 Å². The van der Waals surface area contributed by atoms with E-state index in [9.17, 15) is 23.3 Å². The highest BCUT2D eigenvalue weighted by atomic mass is 35.5. The molecule has 1 saturated heterocycles. The zero-order valence-electron chi connectivity index (χ0n) is 16.3. The first-order chi connectivity index (χ1) is 14.2. The van der Waals surface area contributed by atoms with Gasteiger partial charge < -0.3 is 5.32 Å². The Balaban J connectivity index is 1.57. The van der Waals surface area contributed by atoms with E-state index in [1.54, 1.807) is 4.68 Å². The van der Waals surface area contributed by atoms with E-state index < -0.39 is 14.9 Å². The number of carbonyl (C=O) groups is 1. The lowest BCUT2D eigenvalue weighted by atomic mass is 9.97. The van der Waals surface area contributed by atoms with E-state index in [0.29, 0.717) is 24.4 Å². The molecule has 1 aliphatic rings. The van der Waals surface area contributed by atoms with E-state index >= 15 is 0 Å². The first kappa shape index (κ1) is 22.2. The number of nitro groups is 1. The molecule has 0 bridgehead atoms. The fourth-order valence-electron chi connectivity index (χ4n) is 3.40. The number of halogens is 1. The standard InChI is InChI=1S/C18H22ClN5O5S/c1-2-23-17(16(19)11-21-23)12-20-18(25)13-7-9-22(10-8-13)30(28,29)15-5-3-14(4-6-15)24(26)27/h3-6,11,13H,2,7-10,12H2,1H3,(H,20,25). The van der Waals surface area contributed by atoms with Crippen molar-refractivity contribution < 1.29 is 18.1 Å². The van der Waals surface area contributed by atoms with Crippen molar-refractivity contribution in [2.24, 2.45) is 5.92 Å². The van der Waals surface area contributed by atoms with Crippen molar-refractivity contribution in [2.75, 3.05) is 13.1 Å². The van der Waals surface area contributed by atoms with Crippen LogP contribution in [0.15, 0.2) is 35.4 Å². The summed E-state index contributed by atoms with van der Waals surface area (Å²) in [5, 5.41) is 18.2. The van der Waals surface area contributed by atoms with Gasteiger partial charge in [0, 0.05) is 37.7 Å². The lowest BCUT2D eigenvalue weighted by Gasteiger charge is -2.30. The maximum atomic E-state index is 12.8. The van der Waals surface area contributed by atoms with E-state index in [4.69, 9.17) is 11.6 Å². The molecule has 0 aliphatic carbocycles. The molecule has 10 nitrogen and oxygen atoms in total. The number of aromatic nitrogens is 2. The number of non-ortho nitro benzene ring substituents is 1. The third-order valence-corrected chi connectivity index (χ3v) is 7.37. The fourth-order valence-corrected chi connectivity index (χ4v) is 5.08. The molecule has 162 valence electrons. The number of benzene rings is 1. The number of amides is 1. The van der Waals surface area contributed by atoms with Gasteiger partial charge in [0.05, 0.1) is 33.3 Å². The quantitative estimate of drug-likeness (QED) is 0.503. The largest absolute Gasteiger partial charge is 0.350 e. The number of nitro benzene ring substituents is 1. The zero-order valence-corrected chi connectivity index (χ0v) is 17.9. The first-order valence-electron chi connectivity index (χ1n) is 9.46. The van der Waals surface area contributed by atoms with Crippen LogP contribution < -0.4 is 5.32 Å². The lowest BCUT2D eigenvalue weighted by molar-refractivity contribution is -0.384. The molecular weight excluding hydrogens is 434 g/mol. The van der Waals surface area contributed by atoms with Crippen LogP contribution in [0.2, 0.25) is 5.02 Å². The molecule has 0 saturated carbocycles. The Bertz CT molecular complexity index is 1030. The van der Waals surface area contributed by atoms with Crippen LogP contribution in [0.3, 0.4) is 0 Å². The molecular formula is C18H22ClN5O5S. The van der Waals surface area contributed by atoms with Gasteiger partial charge in [0.1, 0.15) is 0 Å². The Morgan fingerprint density at radius 2 is 1.93 bits per heavy atom. The molecule has 0 spiro atoms. The molecule has 1 amide bonds. The smallest absolute Gasteiger partial charge is 0.269 e. The number of hydrogen-bond acceptors (Lipinski definition) is 6. The number of hydrogen-bond donors (Lipinski definition) is 1. The van der Waals surface area contributed by atoms with Crippen LogP contribution >= 0.6 is 11.6 Å². The van der Waals surface area contributed by atoms with Gasteiger partial charge in [-0.25, -0.2) is 8.42 Å². The van der Waals surface area contributed by atoms with E-state index in [2.05, 4.69) is 10.4 Å². The van der Waals surface area contributed by atoms with Crippen molar-refractivity contribution in [3.8, 4) is 0 Å². The number of aryl methyl sites for hydroxylation is 1. The van der Waals surface area contributed by atoms with Crippen LogP contribution in [0.5, 0.6) is 0 Å². The maximum Gasteiger partial charge on any atom is 0.269 e. The van der Waals surface area contributed by atoms with Crippen molar-refractivity contribution >= 4 is 33.2 Å². The second kappa shape index (κ2) is 9.11. The number of rotatable bonds is 7. The predicted octanol–water partition coefficient (Wildman–Crippen LogP) is 2.18. The monoisotopic (exact) mass is 455 g/mol. The highest BCUT2D eigenvalue weighted by Crippen LogP contribution is 2.25. The third-order valence-electron chi connectivity index (χ3n) is 5.14. The summed E-state index contributed by atoms with van der Waals surface area (Å²) in [5.41, 5.74) is 0.555. The highest BCUT2D eigenvalue weighted by Gasteiger charge is 2.32. The van der Waals surface area contributed by atoms with Crippen LogP contribution in [0.25, 0.3) is 0 Å². The second-order valence-corrected chi connectivity index (χ2v) is 9.25. The Morgan fingerprint density at radius 3 is 2.50 bits per heavy atom. The molecule has 1 N–H and O–H groups in total. The fraction of sp³-hybridized carbons (Fsp3) is 0.444. The molecule has 2 aromatic rings. The van der Waals surface area contributed by atoms with Crippen LogP contribution in [-0.4, -0.2) is 46.4 Å². The van der Waals surface area contributed by atoms with E-state index in [1.165, 1.54) is 34.8 Å². The minimum atomic E-state index is -3.77. The summed E-state index contributed by atoms with van der Waals surface area (Å²) in [6.45, 7) is 3.22. The number of nitrogens with zero attached hydrogens (tertiary/aromatic N) is 4. The average molecular weight is 456 g/mol. The van der Waals surface area contributed by atoms with E-state index in [-0.39, 0.29) is 42.0 Å². The summed E-state index contributed by atoms with van der Waals surface area (Å²) in [4.78, 5) is 22.7. The number of piperidine rings is 1. The minimum absolute atomic E-state index is 0.00142. The van der Waals surface area contributed by atoms with Gasteiger partial charge in [0.25, 0.3) is 5.69 Å². The zero-order chi connectivity index (χ0) is 21.9. The van der Waals surface area contributed by atoms with Gasteiger partial charge in [0.15, 0.2) is 0 Å². The van der Waals surface area contributed by atoms with Gasteiger partial charge in [-0.3, -0.25) is 19.6 Å². The summed E-state index contributed by atoms with van der Waals surface area (Å²) in [6, 6.07) is 4.79. The minimum Gasteiger partial charge on any atom is -0.350 e. The molecule has 1 fully saturated rings. The van der Waals surface area contributed by atoms with Crippen molar-refractivity contribution in [2.45, 2.75) is 37.8 Å². The van der Waals surface area contributed by atoms with Crippen molar-refractivity contribution in [3.63, 3.8) is 0 Å². The molecule has 3 rings (SSSR count). The molecule has 0 radical (unpaired) electrons. The summed E-state index contributed by atoms with van der Waals surface area (Å²) >= 11 is 6.10. The molecule has 1 aliphatic heterocycles. The normalized spacial score (nSPS) is 15.8. The number of carbonyl (C=O) groups excluding carboxylic acids is 1. The summed E-state index contributed by atoms with van der Waals surface area (Å²) in [5.74, 6) is -0.451. The van der Waals surface area contributed by atoms with Crippen LogP contribution in [0.4, 0.5) is 5.69 Å². The van der Waals surface area contributed by atoms with Crippen molar-refractivity contribution in [1.82, 2.24) is 19.4 Å². The summed E-state index contributed by atoms with van der Waals surface area (Å²) in [6.07, 6.45) is 2.31. The Morgan fingerprint density at radius 1 is 1.30 bits per heavy atom. The number of sulfonamides is 1. The lowest BCUT2D eigenvalue weighted by Crippen LogP contribution is -2.43. The maximum absolute atomic E-state index is 12.8. The predicted molar refractivity (Wildman–Crippen MR) is 109 cm³/mol. The first-order valence-corrected chi connectivity index (χ1v) is 11.3. The van der Waals surface area contributed by atoms with Crippen molar-refractivity contribution in [3.05, 3.63) is 51.3 Å². The Hall–Kier alpha value is -2.50. The molecule has 2 heterocycles. The van der Waals surface area contributed by atoms with Gasteiger partial charge in [-0.2, -0.15) is 9.40 Å². The van der Waals surface area contributed by atoms with E-state index in [0.717, 1.165) is 5.69 Å². The summed E-state index contributed by atoms with van der Waals surface area (Å²) < 4.78 is 28.5. The van der Waals surface area contributed by atoms with Crippen LogP contribution in [0, 0.1) is 16.0 Å². The Kier molecular flexibility index (Phi) is 6.74. The third kappa shape index (κ3) is 4.63. The molecule has 12 heteroatoms. The highest BCUT2D eigenvalue weighted by molar-refractivity contribution is 7.89. The van der Waals surface area contributed by atoms with Gasteiger partial charge >= 0.3 is 0 Å². The molecule has 0 atom stereocenters. The molecule has 0 unspecified atom stereocenters. The topological polar surface area (TPSA) is 127 Å². The van der Waals surface area contributed by atoms with Gasteiger partial charge in [-0.15, -0.1) is 0 Å². The van der Waals surface area contributed by atoms with Gasteiger partial charge in [0.2, 0.25) is 15.9 Å². The SMILES string of the molecule is CCn1ncc(Cl)c1CNC(=O)C1CCN(S(=O)(=O)c2ccc([N+](=O)[O-])cc2)CC1. The molecule has 1 aromatic heterocycles. The average Bonchev–Trinajstić information content (AvgIpc) is 3.11. The van der Waals surface area contributed by atoms with Crippen LogP contribution in [-0.2, 0) is 27.9 Å². The summed E-state index contributed by atoms with van der Waals surface area (Å²) in [7, 11) is -3.77.